The minimum atomic E-state index is -0.275. The van der Waals surface area contributed by atoms with Crippen LogP contribution in [0.1, 0.15) is 17.3 Å². The molecule has 3 rings (SSSR count). The molecule has 0 fully saturated rings. The zero-order valence-electron chi connectivity index (χ0n) is 14.0. The Labute approximate surface area is 145 Å². The summed E-state index contributed by atoms with van der Waals surface area (Å²) in [6, 6.07) is 10.4. The van der Waals surface area contributed by atoms with Crippen LogP contribution in [0.25, 0.3) is 5.82 Å². The molecular weight excluding hydrogens is 320 g/mol. The highest BCUT2D eigenvalue weighted by Gasteiger charge is 2.14. The number of hydrogen-bond acceptors (Lipinski definition) is 5. The fourth-order valence-corrected chi connectivity index (χ4v) is 2.35. The van der Waals surface area contributed by atoms with Crippen molar-refractivity contribution in [2.45, 2.75) is 6.92 Å². The van der Waals surface area contributed by atoms with Gasteiger partial charge in [0.1, 0.15) is 0 Å². The molecule has 7 heteroatoms. The topological polar surface area (TPSA) is 78.3 Å². The number of nitrogens with zero attached hydrogens (tertiary/aromatic N) is 3. The third-order valence-electron chi connectivity index (χ3n) is 3.48. The van der Waals surface area contributed by atoms with Crippen molar-refractivity contribution < 1.29 is 14.3 Å². The zero-order chi connectivity index (χ0) is 17.6. The minimum absolute atomic E-state index is 0.275. The number of benzene rings is 1. The van der Waals surface area contributed by atoms with E-state index in [1.54, 1.807) is 59.7 Å². The molecule has 0 saturated heterocycles. The number of hydrogen-bond donors (Lipinski definition) is 1. The largest absolute Gasteiger partial charge is 0.493 e. The van der Waals surface area contributed by atoms with E-state index in [2.05, 4.69) is 15.4 Å². The SMILES string of the molecule is CCOc1ccc(C(=O)Nc2cccnc2-n2cccn2)cc1OC. The van der Waals surface area contributed by atoms with Crippen molar-refractivity contribution in [2.24, 2.45) is 0 Å². The predicted octanol–water partition coefficient (Wildman–Crippen LogP) is 2.93. The van der Waals surface area contributed by atoms with Crippen LogP contribution < -0.4 is 14.8 Å². The smallest absolute Gasteiger partial charge is 0.255 e. The summed E-state index contributed by atoms with van der Waals surface area (Å²) in [6.45, 7) is 2.41. The molecular formula is C18H18N4O3. The third kappa shape index (κ3) is 3.60. The van der Waals surface area contributed by atoms with Gasteiger partial charge in [0.25, 0.3) is 5.91 Å². The maximum absolute atomic E-state index is 12.6. The highest BCUT2D eigenvalue weighted by atomic mass is 16.5. The number of ether oxygens (including phenoxy) is 2. The lowest BCUT2D eigenvalue weighted by molar-refractivity contribution is 0.102. The summed E-state index contributed by atoms with van der Waals surface area (Å²) < 4.78 is 12.4. The van der Waals surface area contributed by atoms with Crippen molar-refractivity contribution in [1.29, 1.82) is 0 Å². The second kappa shape index (κ2) is 7.48. The molecule has 0 spiro atoms. The first-order chi connectivity index (χ1) is 12.2. The summed E-state index contributed by atoms with van der Waals surface area (Å²) in [5, 5.41) is 7.01. The Morgan fingerprint density at radius 2 is 2.08 bits per heavy atom. The number of rotatable bonds is 6. The summed E-state index contributed by atoms with van der Waals surface area (Å²) in [5.74, 6) is 1.37. The average Bonchev–Trinajstić information content (AvgIpc) is 3.17. The lowest BCUT2D eigenvalue weighted by Crippen LogP contribution is -2.15. The number of carbonyl (C=O) groups excluding carboxylic acids is 1. The van der Waals surface area contributed by atoms with Crippen molar-refractivity contribution in [1.82, 2.24) is 14.8 Å². The van der Waals surface area contributed by atoms with E-state index in [9.17, 15) is 4.79 Å². The number of amides is 1. The van der Waals surface area contributed by atoms with Crippen LogP contribution in [0.3, 0.4) is 0 Å². The normalized spacial score (nSPS) is 10.3. The quantitative estimate of drug-likeness (QED) is 0.748. The molecule has 0 radical (unpaired) electrons. The fraction of sp³-hybridized carbons (Fsp3) is 0.167. The zero-order valence-corrected chi connectivity index (χ0v) is 14.0. The van der Waals surface area contributed by atoms with Gasteiger partial charge in [-0.2, -0.15) is 5.10 Å². The first-order valence-electron chi connectivity index (χ1n) is 7.80. The molecule has 0 saturated carbocycles. The van der Waals surface area contributed by atoms with Crippen LogP contribution in [-0.4, -0.2) is 34.4 Å². The Hall–Kier alpha value is -3.35. The molecule has 25 heavy (non-hydrogen) atoms. The number of carbonyl (C=O) groups is 1. The van der Waals surface area contributed by atoms with Gasteiger partial charge in [0.2, 0.25) is 0 Å². The maximum Gasteiger partial charge on any atom is 0.255 e. The molecule has 1 amide bonds. The Morgan fingerprint density at radius 3 is 2.80 bits per heavy atom. The van der Waals surface area contributed by atoms with Gasteiger partial charge in [-0.25, -0.2) is 9.67 Å². The van der Waals surface area contributed by atoms with E-state index >= 15 is 0 Å². The summed E-state index contributed by atoms with van der Waals surface area (Å²) in [7, 11) is 1.54. The van der Waals surface area contributed by atoms with Crippen LogP contribution >= 0.6 is 0 Å². The molecule has 128 valence electrons. The maximum atomic E-state index is 12.6. The van der Waals surface area contributed by atoms with Gasteiger partial charge in [-0.3, -0.25) is 4.79 Å². The summed E-state index contributed by atoms with van der Waals surface area (Å²) in [6.07, 6.45) is 5.06. The van der Waals surface area contributed by atoms with Crippen LogP contribution in [0.5, 0.6) is 11.5 Å². The third-order valence-corrected chi connectivity index (χ3v) is 3.48. The van der Waals surface area contributed by atoms with Crippen molar-refractivity contribution >= 4 is 11.6 Å². The fourth-order valence-electron chi connectivity index (χ4n) is 2.35. The molecule has 0 aliphatic heterocycles. The Kier molecular flexibility index (Phi) is 4.94. The van der Waals surface area contributed by atoms with Gasteiger partial charge >= 0.3 is 0 Å². The van der Waals surface area contributed by atoms with Gasteiger partial charge in [0.15, 0.2) is 17.3 Å². The summed E-state index contributed by atoms with van der Waals surface area (Å²) in [5.41, 5.74) is 1.01. The number of aromatic nitrogens is 3. The van der Waals surface area contributed by atoms with Gasteiger partial charge in [-0.05, 0) is 43.3 Å². The molecule has 1 aromatic carbocycles. The second-order valence-electron chi connectivity index (χ2n) is 5.08. The predicted molar refractivity (Wildman–Crippen MR) is 93.5 cm³/mol. The first-order valence-corrected chi connectivity index (χ1v) is 7.80. The molecule has 1 N–H and O–H groups in total. The number of pyridine rings is 1. The molecule has 2 heterocycles. The molecule has 0 aliphatic rings. The van der Waals surface area contributed by atoms with Crippen molar-refractivity contribution in [3.05, 3.63) is 60.6 Å². The Balaban J connectivity index is 1.86. The van der Waals surface area contributed by atoms with Crippen molar-refractivity contribution in [3.8, 4) is 17.3 Å². The minimum Gasteiger partial charge on any atom is -0.493 e. The lowest BCUT2D eigenvalue weighted by atomic mass is 10.2. The lowest BCUT2D eigenvalue weighted by Gasteiger charge is -2.12. The average molecular weight is 338 g/mol. The van der Waals surface area contributed by atoms with Crippen LogP contribution in [0, 0.1) is 0 Å². The van der Waals surface area contributed by atoms with Gasteiger partial charge < -0.3 is 14.8 Å². The monoisotopic (exact) mass is 338 g/mol. The molecule has 0 atom stereocenters. The first kappa shape index (κ1) is 16.5. The van der Waals surface area contributed by atoms with E-state index in [1.807, 2.05) is 6.92 Å². The van der Waals surface area contributed by atoms with Gasteiger partial charge in [0.05, 0.1) is 19.4 Å². The number of nitrogens with one attached hydrogen (secondary N) is 1. The van der Waals surface area contributed by atoms with E-state index < -0.39 is 0 Å². The summed E-state index contributed by atoms with van der Waals surface area (Å²) >= 11 is 0. The van der Waals surface area contributed by atoms with E-state index in [1.165, 1.54) is 7.11 Å². The van der Waals surface area contributed by atoms with Gasteiger partial charge in [0, 0.05) is 24.2 Å². The van der Waals surface area contributed by atoms with Crippen LogP contribution in [0.2, 0.25) is 0 Å². The Morgan fingerprint density at radius 1 is 1.20 bits per heavy atom. The molecule has 2 aromatic heterocycles. The second-order valence-corrected chi connectivity index (χ2v) is 5.08. The molecule has 7 nitrogen and oxygen atoms in total. The van der Waals surface area contributed by atoms with E-state index in [0.717, 1.165) is 0 Å². The van der Waals surface area contributed by atoms with Gasteiger partial charge in [-0.15, -0.1) is 0 Å². The molecule has 0 bridgehead atoms. The van der Waals surface area contributed by atoms with Crippen molar-refractivity contribution in [2.75, 3.05) is 19.0 Å². The Bertz CT molecular complexity index is 863. The van der Waals surface area contributed by atoms with Gasteiger partial charge in [-0.1, -0.05) is 0 Å². The highest BCUT2D eigenvalue weighted by Crippen LogP contribution is 2.28. The van der Waals surface area contributed by atoms with Crippen LogP contribution in [0.4, 0.5) is 5.69 Å². The van der Waals surface area contributed by atoms with E-state index in [-0.39, 0.29) is 5.91 Å². The highest BCUT2D eigenvalue weighted by molar-refractivity contribution is 6.05. The molecule has 0 unspecified atom stereocenters. The van der Waals surface area contributed by atoms with E-state index in [0.29, 0.717) is 35.2 Å². The number of anilines is 1. The van der Waals surface area contributed by atoms with Crippen LogP contribution in [-0.2, 0) is 0 Å². The molecule has 0 aliphatic carbocycles. The number of methoxy groups -OCH3 is 1. The molecule has 3 aromatic rings. The standard InChI is InChI=1S/C18H18N4O3/c1-3-25-15-8-7-13(12-16(15)24-2)18(23)21-14-6-4-9-19-17(14)22-11-5-10-20-22/h4-12H,3H2,1-2H3,(H,21,23). The van der Waals surface area contributed by atoms with Crippen LogP contribution in [0.15, 0.2) is 55.0 Å². The van der Waals surface area contributed by atoms with E-state index in [4.69, 9.17) is 9.47 Å². The van der Waals surface area contributed by atoms with Crippen molar-refractivity contribution in [3.63, 3.8) is 0 Å². The summed E-state index contributed by atoms with van der Waals surface area (Å²) in [4.78, 5) is 16.9.